The summed E-state index contributed by atoms with van der Waals surface area (Å²) in [5.41, 5.74) is 16.5. The van der Waals surface area contributed by atoms with Gasteiger partial charge in [-0.3, -0.25) is 0 Å². The van der Waals surface area contributed by atoms with Crippen LogP contribution in [0.3, 0.4) is 0 Å². The molecule has 4 aliphatic carbocycles. The first kappa shape index (κ1) is 30.0. The average molecular weight is 649 g/mol. The molecule has 254 valence electrons. The van der Waals surface area contributed by atoms with Crippen molar-refractivity contribution in [1.82, 2.24) is 0 Å². The highest BCUT2D eigenvalue weighted by molar-refractivity contribution is 7.00. The van der Waals surface area contributed by atoms with Crippen molar-refractivity contribution in [3.05, 3.63) is 65.2 Å². The fourth-order valence-electron chi connectivity index (χ4n) is 14.9. The average Bonchev–Trinajstić information content (AvgIpc) is 3.45. The smallest absolute Gasteiger partial charge is 0.252 e. The van der Waals surface area contributed by atoms with Gasteiger partial charge in [-0.05, 0) is 127 Å². The predicted octanol–water partition coefficient (Wildman–Crippen LogP) is 9.66. The Hall–Kier alpha value is -2.68. The molecule has 0 amide bonds. The first-order valence-electron chi connectivity index (χ1n) is 20.5. The van der Waals surface area contributed by atoms with Crippen molar-refractivity contribution in [1.29, 1.82) is 0 Å². The molecular formula is C46H57BN2. The summed E-state index contributed by atoms with van der Waals surface area (Å²) in [7, 11) is 0. The molecule has 0 bridgehead atoms. The van der Waals surface area contributed by atoms with Crippen LogP contribution in [0, 0.1) is 23.7 Å². The molecule has 0 saturated heterocycles. The molecule has 49 heavy (non-hydrogen) atoms. The maximum atomic E-state index is 3.03. The molecule has 2 nitrogen and oxygen atoms in total. The molecule has 4 aliphatic heterocycles. The second-order valence-electron chi connectivity index (χ2n) is 20.1. The van der Waals surface area contributed by atoms with E-state index in [1.807, 2.05) is 0 Å². The third-order valence-corrected chi connectivity index (χ3v) is 17.6. The largest absolute Gasteiger partial charge is 0.335 e. The molecule has 8 atom stereocenters. The van der Waals surface area contributed by atoms with E-state index < -0.39 is 0 Å². The summed E-state index contributed by atoms with van der Waals surface area (Å²) in [6, 6.07) is 20.6. The van der Waals surface area contributed by atoms with Crippen LogP contribution in [0.2, 0.25) is 0 Å². The number of benzene rings is 3. The Bertz CT molecular complexity index is 1940. The van der Waals surface area contributed by atoms with Crippen molar-refractivity contribution in [2.24, 2.45) is 23.7 Å². The number of rotatable bonds is 0. The Morgan fingerprint density at radius 1 is 0.612 bits per heavy atom. The van der Waals surface area contributed by atoms with Crippen LogP contribution in [0.25, 0.3) is 0 Å². The van der Waals surface area contributed by atoms with E-state index in [4.69, 9.17) is 0 Å². The van der Waals surface area contributed by atoms with Gasteiger partial charge < -0.3 is 9.80 Å². The molecule has 0 spiro atoms. The normalized spacial score (nSPS) is 39.0. The summed E-state index contributed by atoms with van der Waals surface area (Å²) < 4.78 is 0. The Morgan fingerprint density at radius 2 is 1.14 bits per heavy atom. The van der Waals surface area contributed by atoms with Gasteiger partial charge >= 0.3 is 0 Å². The highest BCUT2D eigenvalue weighted by Crippen LogP contribution is 2.69. The van der Waals surface area contributed by atoms with Gasteiger partial charge in [0.15, 0.2) is 0 Å². The van der Waals surface area contributed by atoms with Gasteiger partial charge in [0.2, 0.25) is 0 Å². The van der Waals surface area contributed by atoms with Crippen molar-refractivity contribution in [2.45, 2.75) is 153 Å². The molecule has 4 saturated carbocycles. The quantitative estimate of drug-likeness (QED) is 0.224. The van der Waals surface area contributed by atoms with Gasteiger partial charge in [0.1, 0.15) is 0 Å². The van der Waals surface area contributed by atoms with Crippen molar-refractivity contribution in [3.8, 4) is 0 Å². The summed E-state index contributed by atoms with van der Waals surface area (Å²) in [4.78, 5) is 6.04. The van der Waals surface area contributed by atoms with Gasteiger partial charge in [-0.15, -0.1) is 0 Å². The van der Waals surface area contributed by atoms with Crippen molar-refractivity contribution >= 4 is 45.9 Å². The number of hydrogen-bond acceptors (Lipinski definition) is 2. The highest BCUT2D eigenvalue weighted by Gasteiger charge is 2.69. The van der Waals surface area contributed by atoms with E-state index in [-0.39, 0.29) is 34.0 Å². The van der Waals surface area contributed by atoms with Gasteiger partial charge in [-0.1, -0.05) is 110 Å². The van der Waals surface area contributed by atoms with Crippen LogP contribution in [0.15, 0.2) is 48.5 Å². The van der Waals surface area contributed by atoms with E-state index in [1.165, 1.54) is 82.6 Å². The minimum absolute atomic E-state index is 0.0782. The van der Waals surface area contributed by atoms with Crippen LogP contribution in [0.5, 0.6) is 0 Å². The van der Waals surface area contributed by atoms with E-state index in [0.717, 1.165) is 23.7 Å². The molecule has 4 fully saturated rings. The van der Waals surface area contributed by atoms with Gasteiger partial charge in [0, 0.05) is 33.6 Å². The monoisotopic (exact) mass is 648 g/mol. The third-order valence-electron chi connectivity index (χ3n) is 17.6. The van der Waals surface area contributed by atoms with Crippen molar-refractivity contribution < 1.29 is 0 Å². The summed E-state index contributed by atoms with van der Waals surface area (Å²) >= 11 is 0. The molecule has 8 unspecified atom stereocenters. The second-order valence-corrected chi connectivity index (χ2v) is 20.1. The van der Waals surface area contributed by atoms with Crippen molar-refractivity contribution in [2.75, 3.05) is 9.80 Å². The van der Waals surface area contributed by atoms with Gasteiger partial charge in [0.05, 0.1) is 11.1 Å². The molecule has 4 heterocycles. The number of para-hydroxylation sites is 1. The van der Waals surface area contributed by atoms with E-state index in [2.05, 4.69) is 107 Å². The van der Waals surface area contributed by atoms with E-state index >= 15 is 0 Å². The topological polar surface area (TPSA) is 6.48 Å². The number of anilines is 4. The zero-order valence-corrected chi connectivity index (χ0v) is 31.4. The number of hydrogen-bond donors (Lipinski definition) is 0. The molecule has 0 aromatic heterocycles. The molecule has 0 radical (unpaired) electrons. The van der Waals surface area contributed by atoms with Crippen LogP contribution in [-0.2, 0) is 16.2 Å². The van der Waals surface area contributed by atoms with Crippen LogP contribution < -0.4 is 26.2 Å². The molecule has 8 aliphatic rings. The maximum Gasteiger partial charge on any atom is 0.252 e. The lowest BCUT2D eigenvalue weighted by Gasteiger charge is -2.61. The van der Waals surface area contributed by atoms with E-state index in [1.54, 1.807) is 50.3 Å². The first-order chi connectivity index (χ1) is 23.4. The highest BCUT2D eigenvalue weighted by atomic mass is 15.3. The van der Waals surface area contributed by atoms with Gasteiger partial charge in [-0.25, -0.2) is 0 Å². The fourth-order valence-corrected chi connectivity index (χ4v) is 14.9. The van der Waals surface area contributed by atoms with Crippen LogP contribution in [0.1, 0.15) is 142 Å². The summed E-state index contributed by atoms with van der Waals surface area (Å²) in [5, 5.41) is 0. The molecule has 11 rings (SSSR count). The van der Waals surface area contributed by atoms with Crippen LogP contribution in [0.4, 0.5) is 22.7 Å². The lowest BCUT2D eigenvalue weighted by atomic mass is 9.33. The molecular weight excluding hydrogens is 591 g/mol. The summed E-state index contributed by atoms with van der Waals surface area (Å²) in [6.07, 6.45) is 16.7. The Kier molecular flexibility index (Phi) is 5.64. The lowest BCUT2D eigenvalue weighted by Crippen LogP contribution is -2.69. The van der Waals surface area contributed by atoms with Gasteiger partial charge in [0.25, 0.3) is 6.71 Å². The number of nitrogens with zero attached hydrogens (tertiary/aromatic N) is 2. The minimum atomic E-state index is 0.0782. The Morgan fingerprint density at radius 3 is 1.73 bits per heavy atom. The van der Waals surface area contributed by atoms with Crippen molar-refractivity contribution in [3.63, 3.8) is 0 Å². The summed E-state index contributed by atoms with van der Waals surface area (Å²) in [5.74, 6) is 3.21. The molecule has 3 aromatic carbocycles. The molecule has 3 aromatic rings. The van der Waals surface area contributed by atoms with E-state index in [0.29, 0.717) is 0 Å². The third kappa shape index (κ3) is 3.19. The first-order valence-corrected chi connectivity index (χ1v) is 20.5. The fraction of sp³-hybridized carbons (Fsp3) is 0.609. The Balaban J connectivity index is 1.24. The molecule has 0 N–H and O–H groups in total. The maximum absolute atomic E-state index is 3.03. The van der Waals surface area contributed by atoms with Crippen LogP contribution >= 0.6 is 0 Å². The van der Waals surface area contributed by atoms with Gasteiger partial charge in [-0.2, -0.15) is 0 Å². The molecule has 3 heteroatoms. The summed E-state index contributed by atoms with van der Waals surface area (Å²) in [6.45, 7) is 18.5. The zero-order valence-electron chi connectivity index (χ0n) is 31.4. The second kappa shape index (κ2) is 9.21. The van der Waals surface area contributed by atoms with Crippen LogP contribution in [-0.4, -0.2) is 17.8 Å². The minimum Gasteiger partial charge on any atom is -0.335 e. The predicted molar refractivity (Wildman–Crippen MR) is 208 cm³/mol. The number of fused-ring (bicyclic) bond motifs is 14. The SMILES string of the molecule is CC(C)(C)c1cc2c3c(c1)C1(C)CCC4CCCCC4C1(C)N3c1cccc3c1B2c1cccc2c1N3C1(C)C3CCCCC3CCC21C. The standard InChI is InChI=1S/C46H57BN2/c1-42(2,3)30-26-34-41-36(27-30)47-35-19-12-18-33-40(35)48(45(6)31-16-10-8-14-28(31)22-24-43(33,45)4)37-20-13-21-38(39(37)47)49(41)46(7)32-17-11-9-15-29(32)23-25-44(34,46)5/h12-13,18-21,26-29,31-32H,8-11,14-17,22-25H2,1-7H3. The Labute approximate surface area is 296 Å². The zero-order chi connectivity index (χ0) is 33.5. The van der Waals surface area contributed by atoms with E-state index in [9.17, 15) is 0 Å². The lowest BCUT2D eigenvalue weighted by molar-refractivity contribution is 0.0334.